The molecule has 3 heteroatoms. The first kappa shape index (κ1) is 13.0. The van der Waals surface area contributed by atoms with E-state index in [1.54, 1.807) is 6.07 Å². The molecule has 0 radical (unpaired) electrons. The summed E-state index contributed by atoms with van der Waals surface area (Å²) in [6.07, 6.45) is 0. The lowest BCUT2D eigenvalue weighted by Crippen LogP contribution is -2.01. The third kappa shape index (κ3) is 3.05. The standard InChI is InChI=1S/C16H16N2O/c1-11-8-16(19)12(2)7-15(11)18-10-14-5-3-13(9-17)4-6-14/h3-8,18-19H,10H2,1-2H3. The van der Waals surface area contributed by atoms with Gasteiger partial charge in [-0.1, -0.05) is 12.1 Å². The molecule has 96 valence electrons. The summed E-state index contributed by atoms with van der Waals surface area (Å²) in [4.78, 5) is 0. The Bertz CT molecular complexity index is 624. The molecule has 2 N–H and O–H groups in total. The largest absolute Gasteiger partial charge is 0.508 e. The fourth-order valence-corrected chi connectivity index (χ4v) is 1.89. The minimum atomic E-state index is 0.321. The number of anilines is 1. The van der Waals surface area contributed by atoms with Gasteiger partial charge in [0.25, 0.3) is 0 Å². The van der Waals surface area contributed by atoms with E-state index in [-0.39, 0.29) is 0 Å². The van der Waals surface area contributed by atoms with Crippen LogP contribution in [0.25, 0.3) is 0 Å². The van der Waals surface area contributed by atoms with E-state index in [2.05, 4.69) is 11.4 Å². The summed E-state index contributed by atoms with van der Waals surface area (Å²) in [6.45, 7) is 4.53. The van der Waals surface area contributed by atoms with Gasteiger partial charge in [-0.2, -0.15) is 5.26 Å². The van der Waals surface area contributed by atoms with E-state index >= 15 is 0 Å². The Morgan fingerprint density at radius 2 is 1.79 bits per heavy atom. The molecule has 0 bridgehead atoms. The van der Waals surface area contributed by atoms with E-state index in [4.69, 9.17) is 5.26 Å². The molecule has 0 aliphatic heterocycles. The highest BCUT2D eigenvalue weighted by molar-refractivity contribution is 5.56. The lowest BCUT2D eigenvalue weighted by molar-refractivity contribution is 0.471. The van der Waals surface area contributed by atoms with Crippen LogP contribution >= 0.6 is 0 Å². The van der Waals surface area contributed by atoms with Crippen molar-refractivity contribution in [2.75, 3.05) is 5.32 Å². The van der Waals surface area contributed by atoms with E-state index in [0.29, 0.717) is 17.9 Å². The first-order valence-electron chi connectivity index (χ1n) is 6.13. The summed E-state index contributed by atoms with van der Waals surface area (Å²) in [5.74, 6) is 0.321. The van der Waals surface area contributed by atoms with Gasteiger partial charge in [-0.05, 0) is 54.8 Å². The summed E-state index contributed by atoms with van der Waals surface area (Å²) in [5.41, 5.74) is 4.66. The van der Waals surface area contributed by atoms with Gasteiger partial charge in [-0.15, -0.1) is 0 Å². The van der Waals surface area contributed by atoms with Crippen molar-refractivity contribution in [2.45, 2.75) is 20.4 Å². The molecule has 2 aromatic carbocycles. The summed E-state index contributed by atoms with van der Waals surface area (Å²) >= 11 is 0. The molecule has 0 amide bonds. The van der Waals surface area contributed by atoms with Gasteiger partial charge in [0.05, 0.1) is 11.6 Å². The number of nitrogens with zero attached hydrogens (tertiary/aromatic N) is 1. The van der Waals surface area contributed by atoms with Crippen LogP contribution in [-0.2, 0) is 6.54 Å². The second-order valence-electron chi connectivity index (χ2n) is 4.62. The number of benzene rings is 2. The van der Waals surface area contributed by atoms with Gasteiger partial charge in [-0.3, -0.25) is 0 Å². The van der Waals surface area contributed by atoms with Gasteiger partial charge in [0.2, 0.25) is 0 Å². The molecule has 0 atom stereocenters. The van der Waals surface area contributed by atoms with Crippen LogP contribution in [0.2, 0.25) is 0 Å². The van der Waals surface area contributed by atoms with Crippen LogP contribution in [0.3, 0.4) is 0 Å². The molecule has 3 nitrogen and oxygen atoms in total. The minimum Gasteiger partial charge on any atom is -0.508 e. The highest BCUT2D eigenvalue weighted by Gasteiger charge is 2.03. The number of nitrogens with one attached hydrogen (secondary N) is 1. The van der Waals surface area contributed by atoms with Crippen LogP contribution in [0.4, 0.5) is 5.69 Å². The summed E-state index contributed by atoms with van der Waals surface area (Å²) in [6, 6.07) is 13.3. The number of rotatable bonds is 3. The predicted molar refractivity (Wildman–Crippen MR) is 76.1 cm³/mol. The first-order chi connectivity index (χ1) is 9.10. The lowest BCUT2D eigenvalue weighted by Gasteiger charge is -2.11. The predicted octanol–water partition coefficient (Wildman–Crippen LogP) is 3.49. The second-order valence-corrected chi connectivity index (χ2v) is 4.62. The third-order valence-electron chi connectivity index (χ3n) is 3.11. The zero-order valence-corrected chi connectivity index (χ0v) is 11.1. The van der Waals surface area contributed by atoms with E-state index < -0.39 is 0 Å². The van der Waals surface area contributed by atoms with Crippen LogP contribution < -0.4 is 5.32 Å². The molecule has 0 aliphatic carbocycles. The molecule has 0 spiro atoms. The Hall–Kier alpha value is -2.47. The van der Waals surface area contributed by atoms with Crippen molar-refractivity contribution < 1.29 is 5.11 Å². The van der Waals surface area contributed by atoms with Crippen molar-refractivity contribution in [1.82, 2.24) is 0 Å². The average molecular weight is 252 g/mol. The highest BCUT2D eigenvalue weighted by Crippen LogP contribution is 2.25. The number of aromatic hydroxyl groups is 1. The number of hydrogen-bond donors (Lipinski definition) is 2. The van der Waals surface area contributed by atoms with Gasteiger partial charge in [-0.25, -0.2) is 0 Å². The lowest BCUT2D eigenvalue weighted by atomic mass is 10.1. The molecular formula is C16H16N2O. The SMILES string of the molecule is Cc1cc(NCc2ccc(C#N)cc2)c(C)cc1O. The van der Waals surface area contributed by atoms with Crippen LogP contribution in [0.5, 0.6) is 5.75 Å². The summed E-state index contributed by atoms with van der Waals surface area (Å²) in [5, 5.41) is 21.7. The van der Waals surface area contributed by atoms with Crippen LogP contribution in [-0.4, -0.2) is 5.11 Å². The van der Waals surface area contributed by atoms with Crippen molar-refractivity contribution in [1.29, 1.82) is 5.26 Å². The normalized spacial score (nSPS) is 9.95. The Morgan fingerprint density at radius 1 is 1.11 bits per heavy atom. The van der Waals surface area contributed by atoms with Crippen LogP contribution in [0, 0.1) is 25.2 Å². The van der Waals surface area contributed by atoms with Crippen molar-refractivity contribution in [2.24, 2.45) is 0 Å². The fraction of sp³-hybridized carbons (Fsp3) is 0.188. The van der Waals surface area contributed by atoms with Crippen molar-refractivity contribution in [3.8, 4) is 11.8 Å². The minimum absolute atomic E-state index is 0.321. The molecule has 19 heavy (non-hydrogen) atoms. The number of nitriles is 1. The highest BCUT2D eigenvalue weighted by atomic mass is 16.3. The van der Waals surface area contributed by atoms with Gasteiger partial charge < -0.3 is 10.4 Å². The van der Waals surface area contributed by atoms with Crippen molar-refractivity contribution in [3.05, 3.63) is 58.7 Å². The maximum absolute atomic E-state index is 9.61. The number of hydrogen-bond acceptors (Lipinski definition) is 3. The molecule has 0 saturated carbocycles. The molecule has 0 aliphatic rings. The maximum atomic E-state index is 9.61. The second kappa shape index (κ2) is 5.45. The van der Waals surface area contributed by atoms with Crippen molar-refractivity contribution in [3.63, 3.8) is 0 Å². The Morgan fingerprint density at radius 3 is 2.42 bits per heavy atom. The molecule has 0 heterocycles. The van der Waals surface area contributed by atoms with E-state index in [0.717, 1.165) is 22.4 Å². The molecule has 2 rings (SSSR count). The zero-order valence-electron chi connectivity index (χ0n) is 11.1. The molecule has 0 aromatic heterocycles. The molecule has 0 unspecified atom stereocenters. The van der Waals surface area contributed by atoms with Gasteiger partial charge in [0.1, 0.15) is 5.75 Å². The Balaban J connectivity index is 2.10. The summed E-state index contributed by atoms with van der Waals surface area (Å²) in [7, 11) is 0. The van der Waals surface area contributed by atoms with Crippen LogP contribution in [0.1, 0.15) is 22.3 Å². The van der Waals surface area contributed by atoms with E-state index in [1.165, 1.54) is 0 Å². The van der Waals surface area contributed by atoms with E-state index in [9.17, 15) is 5.11 Å². The topological polar surface area (TPSA) is 56.0 Å². The van der Waals surface area contributed by atoms with Gasteiger partial charge in [0, 0.05) is 12.2 Å². The van der Waals surface area contributed by atoms with Crippen molar-refractivity contribution >= 4 is 5.69 Å². The van der Waals surface area contributed by atoms with Gasteiger partial charge in [0.15, 0.2) is 0 Å². The fourth-order valence-electron chi connectivity index (χ4n) is 1.89. The van der Waals surface area contributed by atoms with Crippen LogP contribution in [0.15, 0.2) is 36.4 Å². The number of phenolic OH excluding ortho intramolecular Hbond substituents is 1. The summed E-state index contributed by atoms with van der Waals surface area (Å²) < 4.78 is 0. The third-order valence-corrected chi connectivity index (χ3v) is 3.11. The van der Waals surface area contributed by atoms with Gasteiger partial charge >= 0.3 is 0 Å². The molecular weight excluding hydrogens is 236 g/mol. The quantitative estimate of drug-likeness (QED) is 0.822. The average Bonchev–Trinajstić information content (AvgIpc) is 2.42. The first-order valence-corrected chi connectivity index (χ1v) is 6.13. The molecule has 0 fully saturated rings. The molecule has 2 aromatic rings. The zero-order chi connectivity index (χ0) is 13.8. The monoisotopic (exact) mass is 252 g/mol. The Kier molecular flexibility index (Phi) is 3.72. The smallest absolute Gasteiger partial charge is 0.118 e. The molecule has 0 saturated heterocycles. The number of phenols is 1. The maximum Gasteiger partial charge on any atom is 0.118 e. The number of aryl methyl sites for hydroxylation is 2. The van der Waals surface area contributed by atoms with E-state index in [1.807, 2.05) is 44.2 Å². The Labute approximate surface area is 113 Å².